The van der Waals surface area contributed by atoms with Crippen LogP contribution in [0.2, 0.25) is 0 Å². The highest BCUT2D eigenvalue weighted by molar-refractivity contribution is 5.92. The lowest BCUT2D eigenvalue weighted by atomic mass is 10.1. The Morgan fingerprint density at radius 3 is 2.62 bits per heavy atom. The molecule has 2 N–H and O–H groups in total. The number of carbonyl (C=O) groups excluding carboxylic acids is 2. The first kappa shape index (κ1) is 18.4. The number of carbonyl (C=O) groups is 2. The predicted octanol–water partition coefficient (Wildman–Crippen LogP) is 1.41. The minimum atomic E-state index is -0.0662. The Labute approximate surface area is 143 Å². The number of rotatable bonds is 8. The molecule has 0 spiro atoms. The quantitative estimate of drug-likeness (QED) is 0.755. The molecule has 0 radical (unpaired) electrons. The average Bonchev–Trinajstić information content (AvgIpc) is 3.07. The molecule has 2 amide bonds. The highest BCUT2D eigenvalue weighted by atomic mass is 16.5. The molecule has 24 heavy (non-hydrogen) atoms. The molecule has 1 fully saturated rings. The van der Waals surface area contributed by atoms with Gasteiger partial charge in [-0.2, -0.15) is 0 Å². The summed E-state index contributed by atoms with van der Waals surface area (Å²) in [5, 5.41) is 5.98. The summed E-state index contributed by atoms with van der Waals surface area (Å²) in [5.41, 5.74) is 1.85. The third kappa shape index (κ3) is 6.29. The maximum Gasteiger partial charge on any atom is 0.238 e. The van der Waals surface area contributed by atoms with E-state index in [4.69, 9.17) is 4.74 Å². The van der Waals surface area contributed by atoms with Crippen molar-refractivity contribution in [3.63, 3.8) is 0 Å². The van der Waals surface area contributed by atoms with E-state index in [1.165, 1.54) is 0 Å². The first-order valence-electron chi connectivity index (χ1n) is 8.46. The second kappa shape index (κ2) is 9.39. The number of benzene rings is 1. The van der Waals surface area contributed by atoms with Crippen LogP contribution in [0, 0.1) is 0 Å². The van der Waals surface area contributed by atoms with E-state index in [0.29, 0.717) is 19.4 Å². The number of nitrogens with one attached hydrogen (secondary N) is 2. The summed E-state index contributed by atoms with van der Waals surface area (Å²) in [6.07, 6.45) is 3.60. The summed E-state index contributed by atoms with van der Waals surface area (Å²) in [7, 11) is 3.52. The van der Waals surface area contributed by atoms with Crippen LogP contribution in [0.5, 0.6) is 0 Å². The molecule has 1 atom stereocenters. The van der Waals surface area contributed by atoms with Crippen molar-refractivity contribution in [3.8, 4) is 0 Å². The summed E-state index contributed by atoms with van der Waals surface area (Å²) in [4.78, 5) is 25.1. The number of aryl methyl sites for hydroxylation is 1. The Morgan fingerprint density at radius 2 is 2.00 bits per heavy atom. The molecule has 6 heteroatoms. The van der Waals surface area contributed by atoms with Gasteiger partial charge in [0.25, 0.3) is 0 Å². The van der Waals surface area contributed by atoms with Gasteiger partial charge in [-0.1, -0.05) is 12.1 Å². The predicted molar refractivity (Wildman–Crippen MR) is 93.9 cm³/mol. The molecule has 0 aliphatic carbocycles. The Bertz CT molecular complexity index is 537. The van der Waals surface area contributed by atoms with E-state index in [-0.39, 0.29) is 24.5 Å². The largest absolute Gasteiger partial charge is 0.377 e. The van der Waals surface area contributed by atoms with Gasteiger partial charge < -0.3 is 20.3 Å². The summed E-state index contributed by atoms with van der Waals surface area (Å²) in [6, 6.07) is 7.62. The fourth-order valence-electron chi connectivity index (χ4n) is 2.59. The Kier molecular flexibility index (Phi) is 7.21. The minimum absolute atomic E-state index is 0.0662. The molecule has 0 aromatic heterocycles. The van der Waals surface area contributed by atoms with Crippen molar-refractivity contribution in [1.82, 2.24) is 10.2 Å². The third-order valence-corrected chi connectivity index (χ3v) is 4.05. The zero-order valence-electron chi connectivity index (χ0n) is 14.5. The Morgan fingerprint density at radius 1 is 1.25 bits per heavy atom. The Hall–Kier alpha value is -1.92. The summed E-state index contributed by atoms with van der Waals surface area (Å²) in [6.45, 7) is 1.82. The van der Waals surface area contributed by atoms with Gasteiger partial charge in [0.15, 0.2) is 0 Å². The van der Waals surface area contributed by atoms with Gasteiger partial charge in [-0.05, 0) is 37.0 Å². The van der Waals surface area contributed by atoms with Gasteiger partial charge in [0.05, 0.1) is 12.6 Å². The lowest BCUT2D eigenvalue weighted by Gasteiger charge is -2.11. The van der Waals surface area contributed by atoms with E-state index in [2.05, 4.69) is 10.6 Å². The van der Waals surface area contributed by atoms with Crippen LogP contribution in [0.25, 0.3) is 0 Å². The third-order valence-electron chi connectivity index (χ3n) is 4.05. The van der Waals surface area contributed by atoms with E-state index in [1.807, 2.05) is 24.3 Å². The molecule has 0 bridgehead atoms. The normalized spacial score (nSPS) is 16.8. The summed E-state index contributed by atoms with van der Waals surface area (Å²) >= 11 is 0. The van der Waals surface area contributed by atoms with Crippen molar-refractivity contribution in [2.45, 2.75) is 31.8 Å². The number of anilines is 1. The number of hydrogen-bond donors (Lipinski definition) is 2. The van der Waals surface area contributed by atoms with Crippen molar-refractivity contribution in [1.29, 1.82) is 0 Å². The molecule has 1 aliphatic heterocycles. The van der Waals surface area contributed by atoms with Crippen LogP contribution in [-0.2, 0) is 20.7 Å². The van der Waals surface area contributed by atoms with Crippen molar-refractivity contribution in [2.75, 3.05) is 39.1 Å². The number of amides is 2. The monoisotopic (exact) mass is 333 g/mol. The zero-order chi connectivity index (χ0) is 17.4. The lowest BCUT2D eigenvalue weighted by Crippen LogP contribution is -2.33. The SMILES string of the molecule is CN(C)C(=O)CCc1ccc(NC(=O)CNCC2CCCO2)cc1. The van der Waals surface area contributed by atoms with E-state index < -0.39 is 0 Å². The van der Waals surface area contributed by atoms with Crippen LogP contribution < -0.4 is 10.6 Å². The van der Waals surface area contributed by atoms with Gasteiger partial charge in [0, 0.05) is 39.4 Å². The van der Waals surface area contributed by atoms with Gasteiger partial charge in [0.2, 0.25) is 11.8 Å². The fourth-order valence-corrected chi connectivity index (χ4v) is 2.59. The molecular weight excluding hydrogens is 306 g/mol. The highest BCUT2D eigenvalue weighted by Crippen LogP contribution is 2.12. The molecule has 1 aliphatic rings. The van der Waals surface area contributed by atoms with Crippen LogP contribution >= 0.6 is 0 Å². The first-order valence-corrected chi connectivity index (χ1v) is 8.46. The first-order chi connectivity index (χ1) is 11.5. The number of hydrogen-bond acceptors (Lipinski definition) is 4. The van der Waals surface area contributed by atoms with E-state index in [9.17, 15) is 9.59 Å². The molecule has 0 saturated carbocycles. The lowest BCUT2D eigenvalue weighted by molar-refractivity contribution is -0.128. The number of nitrogens with zero attached hydrogens (tertiary/aromatic N) is 1. The van der Waals surface area contributed by atoms with Gasteiger partial charge >= 0.3 is 0 Å². The van der Waals surface area contributed by atoms with Crippen molar-refractivity contribution < 1.29 is 14.3 Å². The maximum atomic E-state index is 11.9. The van der Waals surface area contributed by atoms with Crippen molar-refractivity contribution in [3.05, 3.63) is 29.8 Å². The standard InChI is InChI=1S/C18H27N3O3/c1-21(2)18(23)10-7-14-5-8-15(9-6-14)20-17(22)13-19-12-16-4-3-11-24-16/h5-6,8-9,16,19H,3-4,7,10-13H2,1-2H3,(H,20,22). The molecule has 1 unspecified atom stereocenters. The molecule has 2 rings (SSSR count). The molecule has 132 valence electrons. The van der Waals surface area contributed by atoms with Gasteiger partial charge in [-0.3, -0.25) is 9.59 Å². The average molecular weight is 333 g/mol. The molecule has 1 heterocycles. The van der Waals surface area contributed by atoms with Gasteiger partial charge in [0.1, 0.15) is 0 Å². The van der Waals surface area contributed by atoms with Crippen LogP contribution in [-0.4, -0.2) is 56.6 Å². The molecule has 1 aromatic carbocycles. The fraction of sp³-hybridized carbons (Fsp3) is 0.556. The smallest absolute Gasteiger partial charge is 0.238 e. The van der Waals surface area contributed by atoms with Crippen LogP contribution in [0.3, 0.4) is 0 Å². The van der Waals surface area contributed by atoms with Crippen molar-refractivity contribution in [2.24, 2.45) is 0 Å². The van der Waals surface area contributed by atoms with Crippen LogP contribution in [0.15, 0.2) is 24.3 Å². The Balaban J connectivity index is 1.68. The summed E-state index contributed by atoms with van der Waals surface area (Å²) < 4.78 is 5.50. The number of ether oxygens (including phenoxy) is 1. The topological polar surface area (TPSA) is 70.7 Å². The van der Waals surface area contributed by atoms with Crippen LogP contribution in [0.4, 0.5) is 5.69 Å². The molecular formula is C18H27N3O3. The van der Waals surface area contributed by atoms with Crippen LogP contribution in [0.1, 0.15) is 24.8 Å². The maximum absolute atomic E-state index is 11.9. The second-order valence-corrected chi connectivity index (χ2v) is 6.30. The van der Waals surface area contributed by atoms with E-state index >= 15 is 0 Å². The van der Waals surface area contributed by atoms with Crippen molar-refractivity contribution >= 4 is 17.5 Å². The zero-order valence-corrected chi connectivity index (χ0v) is 14.5. The van der Waals surface area contributed by atoms with E-state index in [0.717, 1.165) is 30.7 Å². The van der Waals surface area contributed by atoms with E-state index in [1.54, 1.807) is 19.0 Å². The summed E-state index contributed by atoms with van der Waals surface area (Å²) in [5.74, 6) is 0.0493. The molecule has 6 nitrogen and oxygen atoms in total. The molecule has 1 saturated heterocycles. The van der Waals surface area contributed by atoms with Gasteiger partial charge in [-0.15, -0.1) is 0 Å². The molecule has 1 aromatic rings. The highest BCUT2D eigenvalue weighted by Gasteiger charge is 2.15. The second-order valence-electron chi connectivity index (χ2n) is 6.30. The van der Waals surface area contributed by atoms with Gasteiger partial charge in [-0.25, -0.2) is 0 Å². The minimum Gasteiger partial charge on any atom is -0.377 e.